The number of nitrogens with zero attached hydrogens (tertiary/aromatic N) is 5. The lowest BCUT2D eigenvalue weighted by Gasteiger charge is -2.33. The van der Waals surface area contributed by atoms with Gasteiger partial charge in [-0.25, -0.2) is 28.3 Å². The van der Waals surface area contributed by atoms with E-state index in [2.05, 4.69) is 30.0 Å². The highest BCUT2D eigenvalue weighted by Gasteiger charge is 2.50. The zero-order chi connectivity index (χ0) is 40.5. The largest absolute Gasteiger partial charge is 0.465 e. The number of alkyl halides is 2. The van der Waals surface area contributed by atoms with E-state index in [1.54, 1.807) is 31.1 Å². The first-order valence-electron chi connectivity index (χ1n) is 18.7. The molecule has 6 rings (SSSR count). The maximum Gasteiger partial charge on any atom is 0.407 e. The van der Waals surface area contributed by atoms with Gasteiger partial charge in [0.1, 0.15) is 23.7 Å². The first-order valence-corrected chi connectivity index (χ1v) is 18.7. The molecule has 0 aliphatic carbocycles. The van der Waals surface area contributed by atoms with Crippen LogP contribution < -0.4 is 5.32 Å². The smallest absolute Gasteiger partial charge is 0.407 e. The average Bonchev–Trinajstić information content (AvgIpc) is 3.99. The number of H-pyrrole nitrogens is 2. The topological polar surface area (TPSA) is 177 Å². The van der Waals surface area contributed by atoms with E-state index in [4.69, 9.17) is 0 Å². The number of likely N-dealkylation sites (N-methyl/N-ethyl adjacent to an activating group) is 1. The number of carbonyl (C=O) groups excluding carboxylic acids is 3. The molecule has 4 atom stereocenters. The molecule has 4 aromatic rings. The third-order valence-corrected chi connectivity index (χ3v) is 10.6. The number of hydrogen-bond donors (Lipinski definition) is 4. The van der Waals surface area contributed by atoms with Gasteiger partial charge in [-0.05, 0) is 46.9 Å². The van der Waals surface area contributed by atoms with Crippen molar-refractivity contribution in [3.8, 4) is 33.6 Å². The molecule has 16 heteroatoms. The third kappa shape index (κ3) is 8.23. The van der Waals surface area contributed by atoms with Crippen molar-refractivity contribution in [1.29, 1.82) is 0 Å². The second-order valence-corrected chi connectivity index (χ2v) is 15.2. The highest BCUT2D eigenvalue weighted by molar-refractivity contribution is 5.87. The Morgan fingerprint density at radius 1 is 0.839 bits per heavy atom. The molecule has 56 heavy (non-hydrogen) atoms. The van der Waals surface area contributed by atoms with E-state index >= 15 is 0 Å². The van der Waals surface area contributed by atoms with E-state index < -0.39 is 55.1 Å². The van der Waals surface area contributed by atoms with Crippen LogP contribution >= 0.6 is 0 Å². The summed E-state index contributed by atoms with van der Waals surface area (Å²) in [5, 5.41) is 12.0. The number of benzene rings is 2. The van der Waals surface area contributed by atoms with Gasteiger partial charge in [0.25, 0.3) is 5.92 Å². The predicted molar refractivity (Wildman–Crippen MR) is 203 cm³/mol. The van der Waals surface area contributed by atoms with Gasteiger partial charge in [0, 0.05) is 20.0 Å². The lowest BCUT2D eigenvalue weighted by molar-refractivity contribution is -0.138. The number of carboxylic acid groups (broad SMARTS) is 1. The average molecular weight is 775 g/mol. The Kier molecular flexibility index (Phi) is 11.5. The number of aromatic amines is 2. The van der Waals surface area contributed by atoms with Crippen LogP contribution in [0, 0.1) is 11.8 Å². The summed E-state index contributed by atoms with van der Waals surface area (Å²) in [5.41, 5.74) is 4.98. The number of nitrogens with one attached hydrogen (secondary N) is 3. The number of ether oxygens (including phenoxy) is 1. The molecule has 4 heterocycles. The van der Waals surface area contributed by atoms with Gasteiger partial charge in [0.2, 0.25) is 11.8 Å². The molecular formula is C40H48F2N8O6. The standard InChI is InChI=1S/C40H48F2N8O6/c1-22(2)32(47-38(53)56-6)36(51)50-21-40(41,42)18-31(50)35-44-20-29(46-35)27-15-11-25(12-16-27)24-9-13-26(14-10-24)28-19-43-34(45-28)30-8-7-17-49(30)37(52)33(23(3)4)48(5)39(54)55/h9-16,19-20,22-23,30-33H,7-8,17-18,21H2,1-6H3,(H,43,45)(H,44,46)(H,47,53)(H,54,55)/t30-,31-,32-,33-/m0/s1. The number of hydrogen-bond acceptors (Lipinski definition) is 7. The number of carbonyl (C=O) groups is 4. The van der Waals surface area contributed by atoms with Crippen LogP contribution in [0.15, 0.2) is 60.9 Å². The maximum atomic E-state index is 14.8. The summed E-state index contributed by atoms with van der Waals surface area (Å²) in [6.07, 6.45) is 2.24. The van der Waals surface area contributed by atoms with Gasteiger partial charge in [-0.3, -0.25) is 14.5 Å². The molecule has 0 unspecified atom stereocenters. The van der Waals surface area contributed by atoms with Crippen LogP contribution in [-0.2, 0) is 14.3 Å². The van der Waals surface area contributed by atoms with Gasteiger partial charge in [0.15, 0.2) is 0 Å². The summed E-state index contributed by atoms with van der Waals surface area (Å²) in [5.74, 6) is -3.68. The maximum absolute atomic E-state index is 14.8. The Morgan fingerprint density at radius 3 is 1.84 bits per heavy atom. The minimum atomic E-state index is -3.13. The fourth-order valence-electron chi connectivity index (χ4n) is 7.66. The van der Waals surface area contributed by atoms with Crippen molar-refractivity contribution >= 4 is 24.0 Å². The number of likely N-dealkylation sites (tertiary alicyclic amines) is 2. The molecule has 2 fully saturated rings. The molecule has 2 aromatic carbocycles. The Hall–Kier alpha value is -5.80. The molecule has 0 radical (unpaired) electrons. The van der Waals surface area contributed by atoms with E-state index in [-0.39, 0.29) is 29.6 Å². The minimum absolute atomic E-state index is 0.196. The van der Waals surface area contributed by atoms with E-state index in [9.17, 15) is 33.1 Å². The van der Waals surface area contributed by atoms with Crippen molar-refractivity contribution in [2.75, 3.05) is 27.2 Å². The molecule has 2 aromatic heterocycles. The first kappa shape index (κ1) is 39.9. The number of imidazole rings is 2. The summed E-state index contributed by atoms with van der Waals surface area (Å²) in [6.45, 7) is 6.85. The number of alkyl carbamates (subject to hydrolysis) is 1. The number of amides is 4. The zero-order valence-corrected chi connectivity index (χ0v) is 32.3. The van der Waals surface area contributed by atoms with Gasteiger partial charge in [-0.15, -0.1) is 0 Å². The fraction of sp³-hybridized carbons (Fsp3) is 0.450. The quantitative estimate of drug-likeness (QED) is 0.130. The van der Waals surface area contributed by atoms with Crippen molar-refractivity contribution in [3.05, 3.63) is 72.6 Å². The van der Waals surface area contributed by atoms with Gasteiger partial charge in [-0.2, -0.15) is 0 Å². The van der Waals surface area contributed by atoms with Crippen LogP contribution in [0.2, 0.25) is 0 Å². The molecule has 2 aliphatic rings. The lowest BCUT2D eigenvalue weighted by atomic mass is 10.0. The highest BCUT2D eigenvalue weighted by atomic mass is 19.3. The Bertz CT molecular complexity index is 2050. The molecule has 0 bridgehead atoms. The second-order valence-electron chi connectivity index (χ2n) is 15.2. The van der Waals surface area contributed by atoms with Crippen LogP contribution in [-0.4, -0.2) is 109 Å². The fourth-order valence-corrected chi connectivity index (χ4v) is 7.66. The zero-order valence-electron chi connectivity index (χ0n) is 32.3. The van der Waals surface area contributed by atoms with Gasteiger partial charge in [-0.1, -0.05) is 76.2 Å². The summed E-state index contributed by atoms with van der Waals surface area (Å²) in [7, 11) is 2.60. The molecular weight excluding hydrogens is 726 g/mol. The van der Waals surface area contributed by atoms with E-state index in [1.165, 1.54) is 14.2 Å². The number of methoxy groups -OCH3 is 1. The third-order valence-electron chi connectivity index (χ3n) is 10.6. The number of rotatable bonds is 11. The van der Waals surface area contributed by atoms with Crippen molar-refractivity contribution < 1.29 is 37.8 Å². The highest BCUT2D eigenvalue weighted by Crippen LogP contribution is 2.41. The van der Waals surface area contributed by atoms with E-state index in [1.807, 2.05) is 62.4 Å². The summed E-state index contributed by atoms with van der Waals surface area (Å²) >= 11 is 0. The van der Waals surface area contributed by atoms with Crippen LogP contribution in [0.4, 0.5) is 18.4 Å². The number of halogens is 2. The molecule has 4 N–H and O–H groups in total. The molecule has 2 aliphatic heterocycles. The summed E-state index contributed by atoms with van der Waals surface area (Å²) < 4.78 is 34.1. The van der Waals surface area contributed by atoms with E-state index in [0.717, 1.165) is 50.6 Å². The first-order chi connectivity index (χ1) is 26.6. The van der Waals surface area contributed by atoms with Crippen molar-refractivity contribution in [3.63, 3.8) is 0 Å². The molecule has 0 spiro atoms. The molecule has 2 saturated heterocycles. The van der Waals surface area contributed by atoms with Crippen LogP contribution in [0.25, 0.3) is 33.6 Å². The Balaban J connectivity index is 1.13. The minimum Gasteiger partial charge on any atom is -0.465 e. The van der Waals surface area contributed by atoms with Gasteiger partial charge in [0.05, 0.1) is 49.5 Å². The molecule has 298 valence electrons. The molecule has 0 saturated carbocycles. The van der Waals surface area contributed by atoms with Crippen molar-refractivity contribution in [2.24, 2.45) is 11.8 Å². The van der Waals surface area contributed by atoms with Crippen LogP contribution in [0.3, 0.4) is 0 Å². The molecule has 14 nitrogen and oxygen atoms in total. The van der Waals surface area contributed by atoms with Gasteiger partial charge < -0.3 is 34.9 Å². The normalized spacial score (nSPS) is 19.0. The summed E-state index contributed by atoms with van der Waals surface area (Å²) in [6, 6.07) is 12.5. The Morgan fingerprint density at radius 2 is 1.36 bits per heavy atom. The van der Waals surface area contributed by atoms with E-state index in [0.29, 0.717) is 18.1 Å². The monoisotopic (exact) mass is 774 g/mol. The SMILES string of the molecule is COC(=O)N[C@H](C(=O)N1CC(F)(F)C[C@H]1c1ncc(-c2ccc(-c3ccc(-c4cnc([C@@H]5CCCN5C(=O)[C@H](C(C)C)N(C)C(=O)O)[nH]4)cc3)cc2)[nH]1)C(C)C. The van der Waals surface area contributed by atoms with Crippen molar-refractivity contribution in [2.45, 2.75) is 77.0 Å². The van der Waals surface area contributed by atoms with Crippen molar-refractivity contribution in [1.82, 2.24) is 40.0 Å². The lowest BCUT2D eigenvalue weighted by Crippen LogP contribution is -2.51. The Labute approximate surface area is 323 Å². The molecule has 4 amide bonds. The summed E-state index contributed by atoms with van der Waals surface area (Å²) in [4.78, 5) is 70.1. The van der Waals surface area contributed by atoms with Gasteiger partial charge >= 0.3 is 12.2 Å². The predicted octanol–water partition coefficient (Wildman–Crippen LogP) is 6.72. The second kappa shape index (κ2) is 16.1. The van der Waals surface area contributed by atoms with Crippen LogP contribution in [0.1, 0.15) is 70.7 Å². The van der Waals surface area contributed by atoms with Crippen LogP contribution in [0.5, 0.6) is 0 Å². The number of aromatic nitrogens is 4.